The number of amidine groups is 1. The van der Waals surface area contributed by atoms with Gasteiger partial charge in [-0.05, 0) is 62.9 Å². The molecule has 0 bridgehead atoms. The summed E-state index contributed by atoms with van der Waals surface area (Å²) in [5, 5.41) is 6.15. The Labute approximate surface area is 208 Å². The SMILES string of the molecule is C=CN/C(N=C)=C(/NCCl)C(=C)N(CCCCC)CCCCC1=NC(c2ccc(F)cc2)=NC1. The first kappa shape index (κ1) is 27.3. The number of hydrogen-bond donors (Lipinski definition) is 2. The van der Waals surface area contributed by atoms with E-state index in [4.69, 9.17) is 11.6 Å². The standard InChI is InChI=1S/C26H36ClFN6/c1-5-7-9-16-34(20(3)24(32-19-27)26(29-4)30-6-2)17-10-8-11-23-18-31-25(33-23)21-12-14-22(28)15-13-21/h6,12-15,30,32H,2-5,7-11,16-19H2,1H3/b26-24+. The van der Waals surface area contributed by atoms with Crippen LogP contribution in [0.5, 0.6) is 0 Å². The molecule has 0 amide bonds. The third-order valence-corrected chi connectivity index (χ3v) is 5.63. The van der Waals surface area contributed by atoms with E-state index < -0.39 is 0 Å². The zero-order valence-electron chi connectivity index (χ0n) is 20.1. The van der Waals surface area contributed by atoms with Crippen molar-refractivity contribution in [2.45, 2.75) is 45.4 Å². The lowest BCUT2D eigenvalue weighted by atomic mass is 10.1. The van der Waals surface area contributed by atoms with E-state index in [0.29, 0.717) is 18.2 Å². The zero-order valence-corrected chi connectivity index (χ0v) is 20.9. The Morgan fingerprint density at radius 2 is 1.91 bits per heavy atom. The maximum absolute atomic E-state index is 13.2. The summed E-state index contributed by atoms with van der Waals surface area (Å²) < 4.78 is 13.2. The van der Waals surface area contributed by atoms with Gasteiger partial charge in [0, 0.05) is 24.4 Å². The van der Waals surface area contributed by atoms with Crippen LogP contribution >= 0.6 is 11.6 Å². The maximum Gasteiger partial charge on any atom is 0.154 e. The summed E-state index contributed by atoms with van der Waals surface area (Å²) in [4.78, 5) is 15.5. The molecule has 0 spiro atoms. The van der Waals surface area contributed by atoms with Gasteiger partial charge >= 0.3 is 0 Å². The van der Waals surface area contributed by atoms with Crippen LogP contribution in [-0.2, 0) is 0 Å². The van der Waals surface area contributed by atoms with E-state index in [2.05, 4.69) is 57.3 Å². The molecule has 184 valence electrons. The van der Waals surface area contributed by atoms with E-state index in [1.54, 1.807) is 18.3 Å². The number of rotatable bonds is 17. The summed E-state index contributed by atoms with van der Waals surface area (Å²) in [5.74, 6) is 0.977. The van der Waals surface area contributed by atoms with Crippen molar-refractivity contribution in [3.05, 3.63) is 72.2 Å². The van der Waals surface area contributed by atoms with Crippen LogP contribution in [0, 0.1) is 5.82 Å². The molecule has 0 aliphatic carbocycles. The summed E-state index contributed by atoms with van der Waals surface area (Å²) in [6.07, 6.45) is 7.79. The molecule has 0 saturated carbocycles. The lowest BCUT2D eigenvalue weighted by Gasteiger charge is -2.29. The van der Waals surface area contributed by atoms with E-state index in [0.717, 1.165) is 74.3 Å². The second kappa shape index (κ2) is 15.1. The highest BCUT2D eigenvalue weighted by Gasteiger charge is 2.16. The molecule has 0 saturated heterocycles. The molecule has 2 N–H and O–H groups in total. The van der Waals surface area contributed by atoms with Crippen molar-refractivity contribution in [1.29, 1.82) is 0 Å². The van der Waals surface area contributed by atoms with E-state index in [1.165, 1.54) is 12.1 Å². The van der Waals surface area contributed by atoms with Crippen molar-refractivity contribution in [2.24, 2.45) is 15.0 Å². The maximum atomic E-state index is 13.2. The average molecular weight is 487 g/mol. The van der Waals surface area contributed by atoms with E-state index >= 15 is 0 Å². The van der Waals surface area contributed by atoms with Gasteiger partial charge in [0.05, 0.1) is 18.2 Å². The monoisotopic (exact) mass is 486 g/mol. The lowest BCUT2D eigenvalue weighted by Crippen LogP contribution is -2.31. The normalized spacial score (nSPS) is 13.5. The van der Waals surface area contributed by atoms with E-state index in [9.17, 15) is 4.39 Å². The molecule has 6 nitrogen and oxygen atoms in total. The van der Waals surface area contributed by atoms with Gasteiger partial charge in [0.25, 0.3) is 0 Å². The largest absolute Gasteiger partial charge is 0.370 e. The molecule has 0 atom stereocenters. The molecule has 0 aromatic heterocycles. The second-order valence-electron chi connectivity index (χ2n) is 7.96. The smallest absolute Gasteiger partial charge is 0.154 e. The van der Waals surface area contributed by atoms with Crippen molar-refractivity contribution in [1.82, 2.24) is 15.5 Å². The van der Waals surface area contributed by atoms with Crippen LogP contribution in [0.4, 0.5) is 4.39 Å². The third-order valence-electron chi connectivity index (χ3n) is 5.50. The molecule has 0 fully saturated rings. The molecule has 1 heterocycles. The number of hydrogen-bond acceptors (Lipinski definition) is 6. The number of halogens is 2. The number of nitrogens with one attached hydrogen (secondary N) is 2. The van der Waals surface area contributed by atoms with Crippen molar-refractivity contribution >= 4 is 29.9 Å². The van der Waals surface area contributed by atoms with Gasteiger partial charge in [0.2, 0.25) is 0 Å². The zero-order chi connectivity index (χ0) is 24.8. The van der Waals surface area contributed by atoms with Gasteiger partial charge in [-0.15, -0.1) is 11.6 Å². The van der Waals surface area contributed by atoms with Gasteiger partial charge < -0.3 is 15.5 Å². The molecule has 34 heavy (non-hydrogen) atoms. The minimum Gasteiger partial charge on any atom is -0.370 e. The number of benzene rings is 1. The van der Waals surface area contributed by atoms with Crippen LogP contribution in [0.3, 0.4) is 0 Å². The van der Waals surface area contributed by atoms with Gasteiger partial charge in [0.1, 0.15) is 11.5 Å². The average Bonchev–Trinajstić information content (AvgIpc) is 3.32. The summed E-state index contributed by atoms with van der Waals surface area (Å²) in [6, 6.07) is 6.53. The first-order valence-corrected chi connectivity index (χ1v) is 12.3. The van der Waals surface area contributed by atoms with Gasteiger partial charge in [-0.1, -0.05) is 32.9 Å². The Hall–Kier alpha value is -2.93. The Balaban J connectivity index is 1.97. The number of alkyl halides is 1. The first-order valence-electron chi connectivity index (χ1n) is 11.7. The summed E-state index contributed by atoms with van der Waals surface area (Å²) in [7, 11) is 0. The van der Waals surface area contributed by atoms with Gasteiger partial charge in [-0.3, -0.25) is 4.99 Å². The number of unbranched alkanes of at least 4 members (excludes halogenated alkanes) is 3. The highest BCUT2D eigenvalue weighted by molar-refractivity contribution is 6.17. The Morgan fingerprint density at radius 1 is 1.21 bits per heavy atom. The molecule has 1 aliphatic rings. The van der Waals surface area contributed by atoms with Crippen LogP contribution in [0.1, 0.15) is 51.0 Å². The molecule has 1 aromatic rings. The summed E-state index contributed by atoms with van der Waals surface area (Å²) >= 11 is 5.97. The summed E-state index contributed by atoms with van der Waals surface area (Å²) in [6.45, 7) is 16.2. The lowest BCUT2D eigenvalue weighted by molar-refractivity contribution is 0.330. The predicted molar refractivity (Wildman–Crippen MR) is 143 cm³/mol. The molecule has 1 aromatic carbocycles. The first-order chi connectivity index (χ1) is 16.5. The van der Waals surface area contributed by atoms with Gasteiger partial charge in [0.15, 0.2) is 11.7 Å². The fraction of sp³-hybridized carbons (Fsp3) is 0.423. The van der Waals surface area contributed by atoms with E-state index in [1.807, 2.05) is 0 Å². The highest BCUT2D eigenvalue weighted by atomic mass is 35.5. The fourth-order valence-corrected chi connectivity index (χ4v) is 3.82. The van der Waals surface area contributed by atoms with Crippen molar-refractivity contribution in [3.63, 3.8) is 0 Å². The van der Waals surface area contributed by atoms with E-state index in [-0.39, 0.29) is 11.8 Å². The molecular weight excluding hydrogens is 451 g/mol. The Kier molecular flexibility index (Phi) is 12.1. The predicted octanol–water partition coefficient (Wildman–Crippen LogP) is 5.59. The van der Waals surface area contributed by atoms with Crippen molar-refractivity contribution in [3.8, 4) is 0 Å². The Morgan fingerprint density at radius 3 is 2.53 bits per heavy atom. The number of nitrogens with zero attached hydrogens (tertiary/aromatic N) is 4. The van der Waals surface area contributed by atoms with Crippen LogP contribution in [-0.4, -0.2) is 48.8 Å². The Bertz CT molecular complexity index is 920. The molecular formula is C26H36ClFN6. The molecule has 2 rings (SSSR count). The second-order valence-corrected chi connectivity index (χ2v) is 8.23. The van der Waals surface area contributed by atoms with Crippen LogP contribution < -0.4 is 10.6 Å². The van der Waals surface area contributed by atoms with Crippen molar-refractivity contribution < 1.29 is 4.39 Å². The number of aliphatic imine (C=N–C) groups is 3. The van der Waals surface area contributed by atoms with Gasteiger partial charge in [-0.25, -0.2) is 14.4 Å². The van der Waals surface area contributed by atoms with Crippen LogP contribution in [0.2, 0.25) is 0 Å². The van der Waals surface area contributed by atoms with Crippen LogP contribution in [0.25, 0.3) is 0 Å². The summed E-state index contributed by atoms with van der Waals surface area (Å²) in [5.41, 5.74) is 3.46. The minimum atomic E-state index is -0.257. The highest BCUT2D eigenvalue weighted by Crippen LogP contribution is 2.18. The topological polar surface area (TPSA) is 64.4 Å². The van der Waals surface area contributed by atoms with Crippen LogP contribution in [0.15, 0.2) is 75.8 Å². The van der Waals surface area contributed by atoms with Gasteiger partial charge in [-0.2, -0.15) is 0 Å². The molecule has 0 unspecified atom stereocenters. The molecule has 8 heteroatoms. The quantitative estimate of drug-likeness (QED) is 0.0991. The third kappa shape index (κ3) is 8.45. The minimum absolute atomic E-state index is 0.227. The molecule has 0 radical (unpaired) electrons. The molecule has 1 aliphatic heterocycles. The fourth-order valence-electron chi connectivity index (χ4n) is 3.68. The van der Waals surface area contributed by atoms with Crippen molar-refractivity contribution in [2.75, 3.05) is 25.6 Å².